The molecule has 2 rings (SSSR count). The molecule has 0 aliphatic heterocycles. The molecule has 0 saturated carbocycles. The van der Waals surface area contributed by atoms with E-state index >= 15 is 0 Å². The monoisotopic (exact) mass is 222 g/mol. The molecule has 0 aliphatic rings. The minimum Gasteiger partial charge on any atom is -0.280 e. The van der Waals surface area contributed by atoms with Gasteiger partial charge in [-0.15, -0.1) is 11.3 Å². The van der Waals surface area contributed by atoms with Gasteiger partial charge >= 0.3 is 0 Å². The first-order chi connectivity index (χ1) is 5.59. The lowest BCUT2D eigenvalue weighted by molar-refractivity contribution is 0.605. The molecule has 0 aromatic carbocycles. The molecule has 2 aromatic heterocycles. The van der Waals surface area contributed by atoms with Crippen molar-refractivity contribution in [2.24, 2.45) is 0 Å². The van der Waals surface area contributed by atoms with Gasteiger partial charge in [-0.25, -0.2) is 13.4 Å². The Morgan fingerprint density at radius 3 is 3.00 bits per heavy atom. The lowest BCUT2D eigenvalue weighted by atomic mass is 10.9. The summed E-state index contributed by atoms with van der Waals surface area (Å²) >= 11 is 1.35. The third-order valence-electron chi connectivity index (χ3n) is 1.36. The average molecular weight is 223 g/mol. The Balaban J connectivity index is 2.87. The number of rotatable bonds is 1. The summed E-state index contributed by atoms with van der Waals surface area (Å²) in [5.41, 5.74) is 0. The largest absolute Gasteiger partial charge is 0.280 e. The van der Waals surface area contributed by atoms with E-state index in [1.165, 1.54) is 21.9 Å². The van der Waals surface area contributed by atoms with Crippen molar-refractivity contribution in [2.45, 2.75) is 5.03 Å². The molecule has 0 radical (unpaired) electrons. The molecule has 0 amide bonds. The standard InChI is InChI=1S/C5H3ClN2O2S2/c6-12(9,10)4-3-7-5-8(4)1-2-11-5/h1-3H. The molecule has 64 valence electrons. The van der Waals surface area contributed by atoms with Crippen LogP contribution in [-0.2, 0) is 9.05 Å². The van der Waals surface area contributed by atoms with Gasteiger partial charge in [0.2, 0.25) is 0 Å². The molecule has 0 spiro atoms. The fourth-order valence-corrected chi connectivity index (χ4v) is 2.54. The molecular weight excluding hydrogens is 220 g/mol. The molecule has 0 N–H and O–H groups in total. The molecule has 2 aromatic rings. The molecule has 0 bridgehead atoms. The van der Waals surface area contributed by atoms with E-state index in [2.05, 4.69) is 4.98 Å². The number of aromatic nitrogens is 2. The Morgan fingerprint density at radius 2 is 2.33 bits per heavy atom. The van der Waals surface area contributed by atoms with Gasteiger partial charge < -0.3 is 0 Å². The zero-order valence-electron chi connectivity index (χ0n) is 5.64. The first-order valence-electron chi connectivity index (χ1n) is 2.94. The van der Waals surface area contributed by atoms with Crippen LogP contribution in [0.1, 0.15) is 0 Å². The summed E-state index contributed by atoms with van der Waals surface area (Å²) in [7, 11) is 1.48. The first kappa shape index (κ1) is 8.03. The summed E-state index contributed by atoms with van der Waals surface area (Å²) in [6.07, 6.45) is 2.86. The zero-order chi connectivity index (χ0) is 8.77. The Bertz CT molecular complexity index is 512. The van der Waals surface area contributed by atoms with Crippen LogP contribution in [0.15, 0.2) is 22.8 Å². The van der Waals surface area contributed by atoms with Crippen LogP contribution in [-0.4, -0.2) is 17.8 Å². The predicted molar refractivity (Wildman–Crippen MR) is 46.1 cm³/mol. The second-order valence-corrected chi connectivity index (χ2v) is 5.48. The minimum absolute atomic E-state index is 0.0143. The quantitative estimate of drug-likeness (QED) is 0.684. The van der Waals surface area contributed by atoms with Crippen LogP contribution in [0, 0.1) is 0 Å². The molecule has 2 heterocycles. The number of hydrogen-bond donors (Lipinski definition) is 0. The van der Waals surface area contributed by atoms with Crippen molar-refractivity contribution >= 4 is 36.0 Å². The molecule has 7 heteroatoms. The van der Waals surface area contributed by atoms with Gasteiger partial charge in [0.05, 0.1) is 6.20 Å². The van der Waals surface area contributed by atoms with Gasteiger partial charge in [0.15, 0.2) is 9.99 Å². The van der Waals surface area contributed by atoms with Gasteiger partial charge in [0.25, 0.3) is 9.05 Å². The molecule has 0 fully saturated rings. The SMILES string of the molecule is O=S(=O)(Cl)c1cnc2sccn12. The highest BCUT2D eigenvalue weighted by Crippen LogP contribution is 2.19. The maximum Gasteiger partial charge on any atom is 0.278 e. The fourth-order valence-electron chi connectivity index (χ4n) is 0.886. The summed E-state index contributed by atoms with van der Waals surface area (Å²) in [6, 6.07) is 0. The fraction of sp³-hybridized carbons (Fsp3) is 0. The number of halogens is 1. The molecule has 0 unspecified atom stereocenters. The molecular formula is C5H3ClN2O2S2. The van der Waals surface area contributed by atoms with E-state index in [1.807, 2.05) is 0 Å². The average Bonchev–Trinajstić information content (AvgIpc) is 2.37. The summed E-state index contributed by atoms with van der Waals surface area (Å²) in [6.45, 7) is 0. The highest BCUT2D eigenvalue weighted by molar-refractivity contribution is 8.13. The van der Waals surface area contributed by atoms with E-state index in [9.17, 15) is 8.42 Å². The maximum atomic E-state index is 10.9. The van der Waals surface area contributed by atoms with E-state index in [0.29, 0.717) is 4.96 Å². The van der Waals surface area contributed by atoms with Gasteiger partial charge in [0, 0.05) is 22.3 Å². The number of fused-ring (bicyclic) bond motifs is 1. The van der Waals surface area contributed by atoms with Crippen molar-refractivity contribution in [1.82, 2.24) is 9.38 Å². The van der Waals surface area contributed by atoms with Crippen LogP contribution in [0.2, 0.25) is 0 Å². The van der Waals surface area contributed by atoms with E-state index in [0.717, 1.165) is 0 Å². The first-order valence-corrected chi connectivity index (χ1v) is 6.13. The third kappa shape index (κ3) is 1.12. The Kier molecular flexibility index (Phi) is 1.64. The lowest BCUT2D eigenvalue weighted by Crippen LogP contribution is -1.93. The van der Waals surface area contributed by atoms with Crippen molar-refractivity contribution in [3.05, 3.63) is 17.8 Å². The van der Waals surface area contributed by atoms with Crippen LogP contribution in [0.5, 0.6) is 0 Å². The normalized spacial score (nSPS) is 12.4. The number of hydrogen-bond acceptors (Lipinski definition) is 4. The summed E-state index contributed by atoms with van der Waals surface area (Å²) in [5.74, 6) is 0. The van der Waals surface area contributed by atoms with E-state index in [-0.39, 0.29) is 5.03 Å². The van der Waals surface area contributed by atoms with Gasteiger partial charge in [-0.1, -0.05) is 0 Å². The number of imidazole rings is 1. The smallest absolute Gasteiger partial charge is 0.278 e. The Morgan fingerprint density at radius 1 is 1.58 bits per heavy atom. The van der Waals surface area contributed by atoms with Gasteiger partial charge in [-0.3, -0.25) is 4.40 Å². The van der Waals surface area contributed by atoms with Crippen LogP contribution in [0.4, 0.5) is 0 Å². The van der Waals surface area contributed by atoms with Crippen LogP contribution < -0.4 is 0 Å². The summed E-state index contributed by atoms with van der Waals surface area (Å²) in [5, 5.41) is 1.76. The van der Waals surface area contributed by atoms with Crippen LogP contribution in [0.3, 0.4) is 0 Å². The second-order valence-electron chi connectivity index (χ2n) is 2.09. The molecule has 4 nitrogen and oxygen atoms in total. The van der Waals surface area contributed by atoms with E-state index < -0.39 is 9.05 Å². The Hall–Kier alpha value is -0.590. The molecule has 12 heavy (non-hydrogen) atoms. The number of thiazole rings is 1. The lowest BCUT2D eigenvalue weighted by Gasteiger charge is -1.89. The summed E-state index contributed by atoms with van der Waals surface area (Å²) in [4.78, 5) is 4.48. The predicted octanol–water partition coefficient (Wildman–Crippen LogP) is 1.32. The molecule has 0 aliphatic carbocycles. The topological polar surface area (TPSA) is 51.4 Å². The maximum absolute atomic E-state index is 10.9. The number of nitrogens with zero attached hydrogens (tertiary/aromatic N) is 2. The molecule has 0 saturated heterocycles. The zero-order valence-corrected chi connectivity index (χ0v) is 8.03. The summed E-state index contributed by atoms with van der Waals surface area (Å²) < 4.78 is 23.3. The van der Waals surface area contributed by atoms with Gasteiger partial charge in [0.1, 0.15) is 0 Å². The van der Waals surface area contributed by atoms with Gasteiger partial charge in [-0.05, 0) is 0 Å². The van der Waals surface area contributed by atoms with E-state index in [1.54, 1.807) is 11.6 Å². The van der Waals surface area contributed by atoms with Crippen LogP contribution in [0.25, 0.3) is 4.96 Å². The second kappa shape index (κ2) is 2.45. The highest BCUT2D eigenvalue weighted by atomic mass is 35.7. The van der Waals surface area contributed by atoms with Crippen molar-refractivity contribution in [2.75, 3.05) is 0 Å². The Labute approximate surface area is 76.8 Å². The molecule has 0 atom stereocenters. The van der Waals surface area contributed by atoms with Gasteiger partial charge in [-0.2, -0.15) is 0 Å². The van der Waals surface area contributed by atoms with Crippen molar-refractivity contribution in [1.29, 1.82) is 0 Å². The highest BCUT2D eigenvalue weighted by Gasteiger charge is 2.15. The van der Waals surface area contributed by atoms with E-state index in [4.69, 9.17) is 10.7 Å². The van der Waals surface area contributed by atoms with Crippen molar-refractivity contribution in [3.8, 4) is 0 Å². The van der Waals surface area contributed by atoms with Crippen molar-refractivity contribution in [3.63, 3.8) is 0 Å². The minimum atomic E-state index is -3.68. The third-order valence-corrected chi connectivity index (χ3v) is 3.41. The van der Waals surface area contributed by atoms with Crippen molar-refractivity contribution < 1.29 is 8.42 Å². The van der Waals surface area contributed by atoms with Crippen LogP contribution >= 0.6 is 22.0 Å².